The first-order valence-corrected chi connectivity index (χ1v) is 11.1. The minimum Gasteiger partial charge on any atom is -0.497 e. The maximum absolute atomic E-state index is 13.9. The molecule has 0 saturated carbocycles. The van der Waals surface area contributed by atoms with E-state index >= 15 is 0 Å². The number of fused-ring (bicyclic) bond motifs is 1. The quantitative estimate of drug-likeness (QED) is 0.323. The number of carbonyl (C=O) groups excluding carboxylic acids is 1. The van der Waals surface area contributed by atoms with Gasteiger partial charge >= 0.3 is 0 Å². The van der Waals surface area contributed by atoms with Gasteiger partial charge in [-0.2, -0.15) is 0 Å². The summed E-state index contributed by atoms with van der Waals surface area (Å²) in [6.45, 7) is 3.37. The maximum atomic E-state index is 13.9. The number of nitrogens with zero attached hydrogens (tertiary/aromatic N) is 2. The number of anilines is 1. The molecule has 0 saturated heterocycles. The first-order valence-electron chi connectivity index (χ1n) is 10.3. The predicted octanol–water partition coefficient (Wildman–Crippen LogP) is 4.96. The van der Waals surface area contributed by atoms with E-state index in [9.17, 15) is 14.0 Å². The van der Waals surface area contributed by atoms with Crippen LogP contribution >= 0.6 is 11.8 Å². The average molecular weight is 464 g/mol. The number of thioether (sulfide) groups is 1. The van der Waals surface area contributed by atoms with Crippen LogP contribution in [0.1, 0.15) is 12.5 Å². The number of halogens is 1. The van der Waals surface area contributed by atoms with Crippen molar-refractivity contribution in [3.63, 3.8) is 0 Å². The summed E-state index contributed by atoms with van der Waals surface area (Å²) in [6.07, 6.45) is 0. The molecule has 1 amide bonds. The monoisotopic (exact) mass is 463 g/mol. The number of methoxy groups -OCH3 is 1. The largest absolute Gasteiger partial charge is 0.497 e. The number of hydrogen-bond donors (Lipinski definition) is 1. The van der Waals surface area contributed by atoms with E-state index in [0.29, 0.717) is 38.7 Å². The Kier molecular flexibility index (Phi) is 6.46. The van der Waals surface area contributed by atoms with Gasteiger partial charge in [-0.15, -0.1) is 0 Å². The number of carbonyl (C=O) groups is 1. The number of benzene rings is 3. The number of aryl methyl sites for hydroxylation is 1. The van der Waals surface area contributed by atoms with Crippen molar-refractivity contribution in [2.45, 2.75) is 24.3 Å². The lowest BCUT2D eigenvalue weighted by Gasteiger charge is -2.17. The molecular formula is C25H22FN3O3S. The van der Waals surface area contributed by atoms with Gasteiger partial charge in [0.05, 0.1) is 29.0 Å². The third-order valence-corrected chi connectivity index (χ3v) is 6.20. The highest BCUT2D eigenvalue weighted by molar-refractivity contribution is 8.00. The lowest BCUT2D eigenvalue weighted by molar-refractivity contribution is -0.115. The molecule has 1 heterocycles. The number of nitrogens with one attached hydrogen (secondary N) is 1. The van der Waals surface area contributed by atoms with Gasteiger partial charge < -0.3 is 10.1 Å². The summed E-state index contributed by atoms with van der Waals surface area (Å²) in [5.74, 6) is -0.130. The Morgan fingerprint density at radius 2 is 1.91 bits per heavy atom. The fourth-order valence-electron chi connectivity index (χ4n) is 3.29. The van der Waals surface area contributed by atoms with Crippen molar-refractivity contribution in [2.24, 2.45) is 0 Å². The van der Waals surface area contributed by atoms with Crippen LogP contribution < -0.4 is 15.6 Å². The number of hydrogen-bond acceptors (Lipinski definition) is 5. The molecule has 0 bridgehead atoms. The van der Waals surface area contributed by atoms with Crippen molar-refractivity contribution in [2.75, 3.05) is 12.4 Å². The maximum Gasteiger partial charge on any atom is 0.266 e. The molecule has 1 unspecified atom stereocenters. The smallest absolute Gasteiger partial charge is 0.266 e. The molecule has 1 N–H and O–H groups in total. The number of rotatable bonds is 6. The van der Waals surface area contributed by atoms with Crippen molar-refractivity contribution in [1.82, 2.24) is 9.55 Å². The molecule has 4 rings (SSSR count). The van der Waals surface area contributed by atoms with Crippen LogP contribution in [0, 0.1) is 12.7 Å². The Labute approximate surface area is 194 Å². The number of ether oxygens (including phenoxy) is 1. The Morgan fingerprint density at radius 1 is 1.12 bits per heavy atom. The van der Waals surface area contributed by atoms with E-state index in [2.05, 4.69) is 10.3 Å². The van der Waals surface area contributed by atoms with Gasteiger partial charge in [-0.1, -0.05) is 36.0 Å². The highest BCUT2D eigenvalue weighted by atomic mass is 32.2. The van der Waals surface area contributed by atoms with Gasteiger partial charge in [-0.3, -0.25) is 14.2 Å². The molecule has 0 fully saturated rings. The van der Waals surface area contributed by atoms with E-state index in [1.807, 2.05) is 0 Å². The first-order chi connectivity index (χ1) is 15.9. The summed E-state index contributed by atoms with van der Waals surface area (Å²) < 4.78 is 20.6. The molecule has 0 aliphatic rings. The van der Waals surface area contributed by atoms with E-state index in [-0.39, 0.29) is 11.5 Å². The summed E-state index contributed by atoms with van der Waals surface area (Å²) in [5, 5.41) is 2.95. The van der Waals surface area contributed by atoms with Gasteiger partial charge in [-0.05, 0) is 55.8 Å². The highest BCUT2D eigenvalue weighted by Gasteiger charge is 2.21. The van der Waals surface area contributed by atoms with Crippen LogP contribution in [0.5, 0.6) is 5.75 Å². The van der Waals surface area contributed by atoms with Gasteiger partial charge in [-0.25, -0.2) is 9.37 Å². The zero-order chi connectivity index (χ0) is 23.5. The second-order valence-electron chi connectivity index (χ2n) is 7.47. The van der Waals surface area contributed by atoms with Crippen LogP contribution in [0.3, 0.4) is 0 Å². The fourth-order valence-corrected chi connectivity index (χ4v) is 4.22. The normalized spacial score (nSPS) is 11.9. The van der Waals surface area contributed by atoms with Gasteiger partial charge in [0.1, 0.15) is 11.6 Å². The van der Waals surface area contributed by atoms with E-state index in [0.717, 1.165) is 11.8 Å². The van der Waals surface area contributed by atoms with Crippen LogP contribution in [-0.2, 0) is 4.79 Å². The molecular weight excluding hydrogens is 441 g/mol. The van der Waals surface area contributed by atoms with E-state index < -0.39 is 11.1 Å². The first kappa shape index (κ1) is 22.5. The van der Waals surface area contributed by atoms with Crippen molar-refractivity contribution in [3.8, 4) is 11.4 Å². The molecule has 1 atom stereocenters. The van der Waals surface area contributed by atoms with E-state index in [1.54, 1.807) is 81.6 Å². The van der Waals surface area contributed by atoms with Gasteiger partial charge in [0, 0.05) is 11.8 Å². The van der Waals surface area contributed by atoms with Crippen molar-refractivity contribution < 1.29 is 13.9 Å². The summed E-state index contributed by atoms with van der Waals surface area (Å²) in [5.41, 5.74) is 1.74. The van der Waals surface area contributed by atoms with E-state index in [1.165, 1.54) is 10.6 Å². The minimum absolute atomic E-state index is 0.246. The van der Waals surface area contributed by atoms with Crippen molar-refractivity contribution >= 4 is 34.3 Å². The lowest BCUT2D eigenvalue weighted by Crippen LogP contribution is -2.26. The molecule has 4 aromatic rings. The highest BCUT2D eigenvalue weighted by Crippen LogP contribution is 2.27. The summed E-state index contributed by atoms with van der Waals surface area (Å²) in [7, 11) is 1.55. The molecule has 6 nitrogen and oxygen atoms in total. The van der Waals surface area contributed by atoms with Crippen molar-refractivity contribution in [1.29, 1.82) is 0 Å². The van der Waals surface area contributed by atoms with Crippen LogP contribution in [0.25, 0.3) is 16.6 Å². The molecule has 33 heavy (non-hydrogen) atoms. The predicted molar refractivity (Wildman–Crippen MR) is 129 cm³/mol. The number of para-hydroxylation sites is 1. The minimum atomic E-state index is -0.612. The lowest BCUT2D eigenvalue weighted by atomic mass is 10.2. The third kappa shape index (κ3) is 4.75. The third-order valence-electron chi connectivity index (χ3n) is 5.15. The molecule has 0 spiro atoms. The summed E-state index contributed by atoms with van der Waals surface area (Å²) in [4.78, 5) is 30.9. The summed E-state index contributed by atoms with van der Waals surface area (Å²) in [6, 6.07) is 18.7. The van der Waals surface area contributed by atoms with Crippen molar-refractivity contribution in [3.05, 3.63) is 88.5 Å². The van der Waals surface area contributed by atoms with Gasteiger partial charge in [0.25, 0.3) is 5.56 Å². The molecule has 168 valence electrons. The SMILES string of the molecule is COc1cccc(-n2c(SC(C)C(=O)Nc3ccc(C)c(F)c3)nc3ccccc3c2=O)c1. The van der Waals surface area contributed by atoms with Crippen LogP contribution in [0.15, 0.2) is 76.7 Å². The topological polar surface area (TPSA) is 73.2 Å². The fraction of sp³-hybridized carbons (Fsp3) is 0.160. The van der Waals surface area contributed by atoms with Crippen LogP contribution in [0.4, 0.5) is 10.1 Å². The molecule has 0 radical (unpaired) electrons. The Bertz CT molecular complexity index is 1400. The number of amides is 1. The molecule has 0 aliphatic heterocycles. The molecule has 3 aromatic carbocycles. The molecule has 1 aromatic heterocycles. The van der Waals surface area contributed by atoms with Crippen LogP contribution in [-0.4, -0.2) is 27.8 Å². The summed E-state index contributed by atoms with van der Waals surface area (Å²) >= 11 is 1.15. The average Bonchev–Trinajstić information content (AvgIpc) is 2.81. The second-order valence-corrected chi connectivity index (χ2v) is 8.77. The molecule has 0 aliphatic carbocycles. The zero-order valence-electron chi connectivity index (χ0n) is 18.3. The van der Waals surface area contributed by atoms with E-state index in [4.69, 9.17) is 4.74 Å². The van der Waals surface area contributed by atoms with Crippen LogP contribution in [0.2, 0.25) is 0 Å². The second kappa shape index (κ2) is 9.46. The Morgan fingerprint density at radius 3 is 2.67 bits per heavy atom. The Balaban J connectivity index is 1.72. The standard InChI is InChI=1S/C25H22FN3O3S/c1-15-11-12-17(13-21(15)26)27-23(30)16(2)33-25-28-22-10-5-4-9-20(22)24(31)29(25)18-7-6-8-19(14-18)32-3/h4-14,16H,1-3H3,(H,27,30). The van der Waals surface area contributed by atoms with Gasteiger partial charge in [0.2, 0.25) is 5.91 Å². The van der Waals surface area contributed by atoms with Gasteiger partial charge in [0.15, 0.2) is 5.16 Å². The number of aromatic nitrogens is 2. The molecule has 8 heteroatoms. The Hall–Kier alpha value is -3.65. The zero-order valence-corrected chi connectivity index (χ0v) is 19.2.